The van der Waals surface area contributed by atoms with Gasteiger partial charge in [-0.3, -0.25) is 4.79 Å². The molecule has 1 saturated heterocycles. The number of carbonyl (C=O) groups is 1. The van der Waals surface area contributed by atoms with Crippen molar-refractivity contribution in [2.24, 2.45) is 17.6 Å². The average molecular weight is 339 g/mol. The maximum atomic E-state index is 12.7. The Morgan fingerprint density at radius 3 is 2.65 bits per heavy atom. The molecule has 2 fully saturated rings. The van der Waals surface area contributed by atoms with Crippen LogP contribution in [0, 0.1) is 11.8 Å². The number of ether oxygens (including phenoxy) is 1. The lowest BCUT2D eigenvalue weighted by Crippen LogP contribution is -2.37. The van der Waals surface area contributed by atoms with Crippen LogP contribution < -0.4 is 10.5 Å². The van der Waals surface area contributed by atoms with Gasteiger partial charge in [0, 0.05) is 24.9 Å². The van der Waals surface area contributed by atoms with E-state index in [4.69, 9.17) is 10.5 Å². The third kappa shape index (κ3) is 3.81. The van der Waals surface area contributed by atoms with Crippen molar-refractivity contribution < 1.29 is 9.53 Å². The minimum absolute atomic E-state index is 0. The molecule has 0 bridgehead atoms. The van der Waals surface area contributed by atoms with Crippen LogP contribution in [0.3, 0.4) is 0 Å². The van der Waals surface area contributed by atoms with E-state index in [0.29, 0.717) is 24.3 Å². The lowest BCUT2D eigenvalue weighted by molar-refractivity contribution is -0.135. The molecule has 0 spiro atoms. The van der Waals surface area contributed by atoms with Gasteiger partial charge in [0.05, 0.1) is 7.11 Å². The lowest BCUT2D eigenvalue weighted by atomic mass is 9.94. The summed E-state index contributed by atoms with van der Waals surface area (Å²) in [7, 11) is 1.68. The summed E-state index contributed by atoms with van der Waals surface area (Å²) in [6.45, 7) is 2.37. The van der Waals surface area contributed by atoms with Crippen molar-refractivity contribution >= 4 is 18.3 Å². The Balaban J connectivity index is 0.00000192. The van der Waals surface area contributed by atoms with Gasteiger partial charge in [0.25, 0.3) is 0 Å². The Morgan fingerprint density at radius 1 is 1.26 bits per heavy atom. The molecule has 0 radical (unpaired) electrons. The van der Waals surface area contributed by atoms with Crippen LogP contribution in [-0.4, -0.2) is 37.6 Å². The summed E-state index contributed by atoms with van der Waals surface area (Å²) in [4.78, 5) is 14.8. The zero-order chi connectivity index (χ0) is 15.5. The Bertz CT molecular complexity index is 520. The van der Waals surface area contributed by atoms with Crippen LogP contribution in [0.1, 0.15) is 37.2 Å². The van der Waals surface area contributed by atoms with Gasteiger partial charge < -0.3 is 15.4 Å². The minimum Gasteiger partial charge on any atom is -0.497 e. The predicted octanol–water partition coefficient (Wildman–Crippen LogP) is 2.81. The Kier molecular flexibility index (Phi) is 6.31. The van der Waals surface area contributed by atoms with Crippen LogP contribution in [0.15, 0.2) is 24.3 Å². The molecule has 128 valence electrons. The van der Waals surface area contributed by atoms with Gasteiger partial charge in [0.15, 0.2) is 0 Å². The third-order valence-electron chi connectivity index (χ3n) is 5.37. The molecule has 1 unspecified atom stereocenters. The molecule has 1 amide bonds. The number of hydrogen-bond donors (Lipinski definition) is 1. The first-order chi connectivity index (χ1) is 10.7. The number of amides is 1. The first kappa shape index (κ1) is 18.1. The number of nitrogens with zero attached hydrogens (tertiary/aromatic N) is 1. The van der Waals surface area contributed by atoms with Crippen molar-refractivity contribution in [1.82, 2.24) is 4.90 Å². The molecule has 2 aliphatic rings. The highest BCUT2D eigenvalue weighted by Crippen LogP contribution is 2.35. The van der Waals surface area contributed by atoms with Crippen molar-refractivity contribution in [2.45, 2.75) is 31.6 Å². The van der Waals surface area contributed by atoms with Gasteiger partial charge in [0.1, 0.15) is 5.75 Å². The fourth-order valence-corrected chi connectivity index (χ4v) is 3.99. The van der Waals surface area contributed by atoms with Crippen LogP contribution in [-0.2, 0) is 4.79 Å². The normalized spacial score (nSPS) is 26.9. The smallest absolute Gasteiger partial charge is 0.226 e. The second-order valence-corrected chi connectivity index (χ2v) is 6.58. The van der Waals surface area contributed by atoms with Gasteiger partial charge in [0.2, 0.25) is 5.91 Å². The van der Waals surface area contributed by atoms with Gasteiger partial charge in [-0.15, -0.1) is 12.4 Å². The van der Waals surface area contributed by atoms with E-state index in [2.05, 4.69) is 17.0 Å². The van der Waals surface area contributed by atoms with Crippen LogP contribution in [0.5, 0.6) is 5.75 Å². The van der Waals surface area contributed by atoms with Crippen LogP contribution in [0.2, 0.25) is 0 Å². The summed E-state index contributed by atoms with van der Waals surface area (Å²) < 4.78 is 5.21. The van der Waals surface area contributed by atoms with E-state index in [1.54, 1.807) is 7.11 Å². The molecular formula is C18H27ClN2O2. The highest BCUT2D eigenvalue weighted by Gasteiger charge is 2.37. The number of halogens is 1. The molecule has 1 saturated carbocycles. The highest BCUT2D eigenvalue weighted by atomic mass is 35.5. The molecule has 23 heavy (non-hydrogen) atoms. The van der Waals surface area contributed by atoms with E-state index >= 15 is 0 Å². The van der Waals surface area contributed by atoms with E-state index in [0.717, 1.165) is 44.5 Å². The van der Waals surface area contributed by atoms with Gasteiger partial charge in [-0.1, -0.05) is 18.6 Å². The zero-order valence-corrected chi connectivity index (χ0v) is 14.6. The monoisotopic (exact) mass is 338 g/mol. The average Bonchev–Trinajstić information content (AvgIpc) is 3.23. The maximum Gasteiger partial charge on any atom is 0.226 e. The number of methoxy groups -OCH3 is 1. The first-order valence-corrected chi connectivity index (χ1v) is 8.35. The van der Waals surface area contributed by atoms with Gasteiger partial charge in [-0.05, 0) is 49.4 Å². The standard InChI is InChI=1S/C18H26N2O2.ClH/c1-22-16-7-5-13(6-8-16)15-9-10-20(12-15)18(21)17-4-2-3-14(17)11-19;/h5-8,14-15,17H,2-4,9-12,19H2,1H3;1H/t14-,15?,17-;/m1./s1. The van der Waals surface area contributed by atoms with Crippen LogP contribution >= 0.6 is 12.4 Å². The van der Waals surface area contributed by atoms with Crippen molar-refractivity contribution in [2.75, 3.05) is 26.7 Å². The quantitative estimate of drug-likeness (QED) is 0.918. The van der Waals surface area contributed by atoms with Crippen molar-refractivity contribution in [3.05, 3.63) is 29.8 Å². The summed E-state index contributed by atoms with van der Waals surface area (Å²) >= 11 is 0. The predicted molar refractivity (Wildman–Crippen MR) is 94.1 cm³/mol. The number of hydrogen-bond acceptors (Lipinski definition) is 3. The summed E-state index contributed by atoms with van der Waals surface area (Å²) in [5.41, 5.74) is 7.13. The highest BCUT2D eigenvalue weighted by molar-refractivity contribution is 5.85. The number of benzene rings is 1. The molecule has 0 aromatic heterocycles. The summed E-state index contributed by atoms with van der Waals surface area (Å²) in [5, 5.41) is 0. The third-order valence-corrected chi connectivity index (χ3v) is 5.37. The second-order valence-electron chi connectivity index (χ2n) is 6.58. The Morgan fingerprint density at radius 2 is 2.00 bits per heavy atom. The first-order valence-electron chi connectivity index (χ1n) is 8.35. The topological polar surface area (TPSA) is 55.6 Å². The number of nitrogens with two attached hydrogens (primary N) is 1. The minimum atomic E-state index is 0. The lowest BCUT2D eigenvalue weighted by Gasteiger charge is -2.24. The summed E-state index contributed by atoms with van der Waals surface area (Å²) in [6.07, 6.45) is 4.33. The SMILES string of the molecule is COc1ccc(C2CCN(C(=O)[C@@H]3CCC[C@@H]3CN)C2)cc1.Cl. The Hall–Kier alpha value is -1.26. The molecule has 2 N–H and O–H groups in total. The summed E-state index contributed by atoms with van der Waals surface area (Å²) in [5.74, 6) is 2.23. The maximum absolute atomic E-state index is 12.7. The fraction of sp³-hybridized carbons (Fsp3) is 0.611. The van der Waals surface area contributed by atoms with Crippen molar-refractivity contribution in [1.29, 1.82) is 0 Å². The molecule has 1 aliphatic heterocycles. The van der Waals surface area contributed by atoms with E-state index in [9.17, 15) is 4.79 Å². The number of rotatable bonds is 4. The van der Waals surface area contributed by atoms with E-state index in [-0.39, 0.29) is 18.3 Å². The summed E-state index contributed by atoms with van der Waals surface area (Å²) in [6, 6.07) is 8.24. The van der Waals surface area contributed by atoms with E-state index in [1.165, 1.54) is 5.56 Å². The zero-order valence-electron chi connectivity index (χ0n) is 13.7. The van der Waals surface area contributed by atoms with Gasteiger partial charge >= 0.3 is 0 Å². The molecule has 1 aliphatic carbocycles. The molecule has 5 heteroatoms. The molecule has 3 atom stereocenters. The largest absolute Gasteiger partial charge is 0.497 e. The molecule has 1 aromatic rings. The number of carbonyl (C=O) groups excluding carboxylic acids is 1. The van der Waals surface area contributed by atoms with E-state index < -0.39 is 0 Å². The van der Waals surface area contributed by atoms with Gasteiger partial charge in [-0.2, -0.15) is 0 Å². The molecule has 1 heterocycles. The molecule has 3 rings (SSSR count). The number of likely N-dealkylation sites (tertiary alicyclic amines) is 1. The van der Waals surface area contributed by atoms with Gasteiger partial charge in [-0.25, -0.2) is 0 Å². The Labute approximate surface area is 144 Å². The second kappa shape index (κ2) is 8.02. The van der Waals surface area contributed by atoms with E-state index in [1.807, 2.05) is 12.1 Å². The molecule has 4 nitrogen and oxygen atoms in total. The molecule has 1 aromatic carbocycles. The fourth-order valence-electron chi connectivity index (χ4n) is 3.99. The van der Waals surface area contributed by atoms with Crippen molar-refractivity contribution in [3.63, 3.8) is 0 Å². The van der Waals surface area contributed by atoms with Crippen LogP contribution in [0.4, 0.5) is 0 Å². The van der Waals surface area contributed by atoms with Crippen LogP contribution in [0.25, 0.3) is 0 Å². The molecular weight excluding hydrogens is 312 g/mol. The van der Waals surface area contributed by atoms with Crippen molar-refractivity contribution in [3.8, 4) is 5.75 Å².